The Balaban J connectivity index is 1.25. The summed E-state index contributed by atoms with van der Waals surface area (Å²) >= 11 is 0. The maximum absolute atomic E-state index is 12.1. The maximum Gasteiger partial charge on any atom is 0.248 e. The largest absolute Gasteiger partial charge is 0.490 e. The molecule has 2 aromatic carbocycles. The highest BCUT2D eigenvalue weighted by Gasteiger charge is 2.24. The second-order valence-electron chi connectivity index (χ2n) is 10.2. The molecule has 7 heteroatoms. The molecule has 198 valence electrons. The number of hydrogen-bond acceptors (Lipinski definition) is 6. The zero-order valence-corrected chi connectivity index (χ0v) is 22.0. The summed E-state index contributed by atoms with van der Waals surface area (Å²) in [7, 11) is 0. The Morgan fingerprint density at radius 1 is 1.08 bits per heavy atom. The first-order valence-electron chi connectivity index (χ1n) is 13.7. The first-order valence-corrected chi connectivity index (χ1v) is 13.7. The van der Waals surface area contributed by atoms with Gasteiger partial charge in [0.25, 0.3) is 0 Å². The summed E-state index contributed by atoms with van der Waals surface area (Å²) in [5.74, 6) is 0.634. The Kier molecular flexibility index (Phi) is 8.25. The fourth-order valence-electron chi connectivity index (χ4n) is 5.73. The topological polar surface area (TPSA) is 86.8 Å². The van der Waals surface area contributed by atoms with Gasteiger partial charge in [0.15, 0.2) is 0 Å². The van der Waals surface area contributed by atoms with Gasteiger partial charge in [-0.05, 0) is 65.6 Å². The summed E-state index contributed by atoms with van der Waals surface area (Å²) < 4.78 is 11.5. The highest BCUT2D eigenvalue weighted by Crippen LogP contribution is 2.31. The van der Waals surface area contributed by atoms with E-state index in [1.54, 1.807) is 6.07 Å². The monoisotopic (exact) mass is 505 g/mol. The number of hydrogen-bond donors (Lipinski definition) is 3. The minimum atomic E-state index is -0.697. The van der Waals surface area contributed by atoms with Gasteiger partial charge in [0.2, 0.25) is 5.56 Å². The SMILES string of the molecule is CCc1cc2c(cc1CC)CC(NC[C@@H](O)c1ccc(OCCN3CCOCC3)c3[nH]c(=O)ccc13)C2. The van der Waals surface area contributed by atoms with E-state index in [2.05, 4.69) is 41.2 Å². The number of morpholine rings is 1. The molecule has 37 heavy (non-hydrogen) atoms. The highest BCUT2D eigenvalue weighted by molar-refractivity contribution is 5.87. The van der Waals surface area contributed by atoms with Crippen LogP contribution in [0.1, 0.15) is 47.8 Å². The average Bonchev–Trinajstić information content (AvgIpc) is 3.33. The second kappa shape index (κ2) is 11.8. The minimum absolute atomic E-state index is 0.183. The van der Waals surface area contributed by atoms with Crippen molar-refractivity contribution in [3.05, 3.63) is 74.6 Å². The van der Waals surface area contributed by atoms with Gasteiger partial charge < -0.3 is 24.9 Å². The smallest absolute Gasteiger partial charge is 0.248 e. The third kappa shape index (κ3) is 5.91. The van der Waals surface area contributed by atoms with Gasteiger partial charge in [-0.3, -0.25) is 9.69 Å². The van der Waals surface area contributed by atoms with E-state index in [1.165, 1.54) is 28.3 Å². The maximum atomic E-state index is 12.1. The van der Waals surface area contributed by atoms with Gasteiger partial charge in [-0.15, -0.1) is 0 Å². The Morgan fingerprint density at radius 2 is 1.78 bits per heavy atom. The van der Waals surface area contributed by atoms with Crippen molar-refractivity contribution in [3.63, 3.8) is 0 Å². The Hall–Kier alpha value is -2.71. The normalized spacial score (nSPS) is 17.3. The number of H-pyrrole nitrogens is 1. The van der Waals surface area contributed by atoms with Gasteiger partial charge >= 0.3 is 0 Å². The van der Waals surface area contributed by atoms with Crippen molar-refractivity contribution in [2.24, 2.45) is 0 Å². The number of aliphatic hydroxyl groups is 1. The molecule has 5 rings (SSSR count). The van der Waals surface area contributed by atoms with Crippen molar-refractivity contribution < 1.29 is 14.6 Å². The van der Waals surface area contributed by atoms with Crippen LogP contribution in [0.3, 0.4) is 0 Å². The van der Waals surface area contributed by atoms with Crippen LogP contribution in [-0.2, 0) is 30.4 Å². The molecule has 0 radical (unpaired) electrons. The van der Waals surface area contributed by atoms with Crippen molar-refractivity contribution >= 4 is 10.9 Å². The average molecular weight is 506 g/mol. The van der Waals surface area contributed by atoms with Gasteiger partial charge in [0, 0.05) is 43.7 Å². The molecule has 3 aromatic rings. The molecule has 1 atom stereocenters. The molecule has 1 aliphatic carbocycles. The van der Waals surface area contributed by atoms with Crippen LogP contribution in [0.4, 0.5) is 0 Å². The number of aromatic nitrogens is 1. The lowest BCUT2D eigenvalue weighted by molar-refractivity contribution is 0.0323. The summed E-state index contributed by atoms with van der Waals surface area (Å²) in [6.45, 7) is 9.55. The van der Waals surface area contributed by atoms with Crippen LogP contribution in [0.5, 0.6) is 5.75 Å². The van der Waals surface area contributed by atoms with E-state index < -0.39 is 6.10 Å². The summed E-state index contributed by atoms with van der Waals surface area (Å²) in [5, 5.41) is 15.6. The Labute approximate surface area is 218 Å². The van der Waals surface area contributed by atoms with E-state index in [1.807, 2.05) is 12.1 Å². The number of rotatable bonds is 10. The molecular formula is C30H39N3O4. The number of aliphatic hydroxyl groups excluding tert-OH is 1. The predicted octanol–water partition coefficient (Wildman–Crippen LogP) is 3.15. The number of nitrogens with zero attached hydrogens (tertiary/aromatic N) is 1. The summed E-state index contributed by atoms with van der Waals surface area (Å²) in [6, 6.07) is 12.2. The zero-order chi connectivity index (χ0) is 25.8. The molecule has 0 spiro atoms. The van der Waals surface area contributed by atoms with E-state index >= 15 is 0 Å². The van der Waals surface area contributed by atoms with Crippen LogP contribution in [0.2, 0.25) is 0 Å². The number of aryl methyl sites for hydroxylation is 2. The molecule has 3 N–H and O–H groups in total. The van der Waals surface area contributed by atoms with Crippen molar-refractivity contribution in [2.75, 3.05) is 46.0 Å². The van der Waals surface area contributed by atoms with E-state index in [0.29, 0.717) is 30.5 Å². The summed E-state index contributed by atoms with van der Waals surface area (Å²) in [5.41, 5.74) is 7.02. The predicted molar refractivity (Wildman–Crippen MR) is 147 cm³/mol. The van der Waals surface area contributed by atoms with Crippen LogP contribution in [0.25, 0.3) is 10.9 Å². The van der Waals surface area contributed by atoms with Crippen LogP contribution in [-0.4, -0.2) is 67.0 Å². The number of fused-ring (bicyclic) bond motifs is 2. The molecule has 7 nitrogen and oxygen atoms in total. The number of pyridine rings is 1. The lowest BCUT2D eigenvalue weighted by Crippen LogP contribution is -2.38. The Bertz CT molecular complexity index is 1250. The third-order valence-corrected chi connectivity index (χ3v) is 7.83. The molecule has 0 saturated carbocycles. The number of aromatic amines is 1. The van der Waals surface area contributed by atoms with E-state index in [0.717, 1.165) is 69.5 Å². The van der Waals surface area contributed by atoms with Gasteiger partial charge in [-0.25, -0.2) is 0 Å². The van der Waals surface area contributed by atoms with Crippen LogP contribution in [0, 0.1) is 0 Å². The Morgan fingerprint density at radius 3 is 2.46 bits per heavy atom. The van der Waals surface area contributed by atoms with Crippen molar-refractivity contribution in [1.82, 2.24) is 15.2 Å². The van der Waals surface area contributed by atoms with E-state index in [-0.39, 0.29) is 5.56 Å². The number of benzene rings is 2. The van der Waals surface area contributed by atoms with Gasteiger partial charge in [-0.2, -0.15) is 0 Å². The molecule has 0 amide bonds. The fraction of sp³-hybridized carbons (Fsp3) is 0.500. The molecule has 1 saturated heterocycles. The molecule has 2 aliphatic rings. The molecule has 2 heterocycles. The molecule has 1 aliphatic heterocycles. The van der Waals surface area contributed by atoms with E-state index in [9.17, 15) is 9.90 Å². The second-order valence-corrected chi connectivity index (χ2v) is 10.2. The van der Waals surface area contributed by atoms with Crippen LogP contribution >= 0.6 is 0 Å². The lowest BCUT2D eigenvalue weighted by atomic mass is 9.97. The van der Waals surface area contributed by atoms with Gasteiger partial charge in [-0.1, -0.05) is 32.0 Å². The first kappa shape index (κ1) is 25.9. The van der Waals surface area contributed by atoms with Crippen molar-refractivity contribution in [1.29, 1.82) is 0 Å². The molecule has 0 bridgehead atoms. The highest BCUT2D eigenvalue weighted by atomic mass is 16.5. The fourth-order valence-corrected chi connectivity index (χ4v) is 5.73. The van der Waals surface area contributed by atoms with Crippen molar-refractivity contribution in [3.8, 4) is 5.75 Å². The minimum Gasteiger partial charge on any atom is -0.490 e. The zero-order valence-electron chi connectivity index (χ0n) is 22.0. The summed E-state index contributed by atoms with van der Waals surface area (Å²) in [4.78, 5) is 17.4. The molecule has 0 unspecified atom stereocenters. The molecule has 1 fully saturated rings. The van der Waals surface area contributed by atoms with Gasteiger partial charge in [0.1, 0.15) is 12.4 Å². The molecule has 1 aromatic heterocycles. The standard InChI is InChI=1S/C30H39N3O4/c1-3-20-15-22-17-24(18-23(22)16-21(20)4-2)31-19-27(34)25-5-7-28(30-26(25)6-8-29(35)32-30)37-14-11-33-9-12-36-13-10-33/h5-8,15-16,24,27,31,34H,3-4,9-14,17-19H2,1-2H3,(H,32,35)/t27-/m1/s1. The van der Waals surface area contributed by atoms with Gasteiger partial charge in [0.05, 0.1) is 24.8 Å². The molecular weight excluding hydrogens is 466 g/mol. The van der Waals surface area contributed by atoms with Crippen LogP contribution < -0.4 is 15.6 Å². The van der Waals surface area contributed by atoms with E-state index in [4.69, 9.17) is 9.47 Å². The summed E-state index contributed by atoms with van der Waals surface area (Å²) in [6.07, 6.45) is 3.41. The number of ether oxygens (including phenoxy) is 2. The van der Waals surface area contributed by atoms with Crippen LogP contribution in [0.15, 0.2) is 41.2 Å². The first-order chi connectivity index (χ1) is 18.1. The van der Waals surface area contributed by atoms with Crippen molar-refractivity contribution in [2.45, 2.75) is 51.7 Å². The quantitative estimate of drug-likeness (QED) is 0.393. The lowest BCUT2D eigenvalue weighted by Gasteiger charge is -2.26. The number of nitrogens with one attached hydrogen (secondary N) is 2. The third-order valence-electron chi connectivity index (χ3n) is 7.83.